The van der Waals surface area contributed by atoms with Gasteiger partial charge in [-0.05, 0) is 36.2 Å². The van der Waals surface area contributed by atoms with Crippen LogP contribution in [0.1, 0.15) is 29.7 Å². The van der Waals surface area contributed by atoms with Crippen LogP contribution in [0.25, 0.3) is 0 Å². The van der Waals surface area contributed by atoms with Gasteiger partial charge in [-0.15, -0.1) is 0 Å². The number of aliphatic hydroxyl groups is 1. The number of alkyl halides is 3. The fourth-order valence-electron chi connectivity index (χ4n) is 2.71. The van der Waals surface area contributed by atoms with E-state index in [1.165, 1.54) is 38.4 Å². The number of nitrogens with zero attached hydrogens (tertiary/aromatic N) is 1. The molecule has 2 aromatic rings. The average molecular weight is 394 g/mol. The molecule has 0 spiro atoms. The number of benzene rings is 1. The molecule has 1 heterocycles. The minimum absolute atomic E-state index is 0.0102. The highest BCUT2D eigenvalue weighted by atomic mass is 35.5. The number of rotatable bonds is 4. The van der Waals surface area contributed by atoms with Gasteiger partial charge in [-0.3, -0.25) is 4.98 Å². The molecule has 0 aliphatic heterocycles. The topological polar surface area (TPSA) is 42.4 Å². The van der Waals surface area contributed by atoms with Crippen molar-refractivity contribution in [2.24, 2.45) is 0 Å². The van der Waals surface area contributed by atoms with Crippen LogP contribution in [0.3, 0.4) is 0 Å². The summed E-state index contributed by atoms with van der Waals surface area (Å²) < 4.78 is 46.6. The molecule has 0 aliphatic carbocycles. The monoisotopic (exact) mass is 393 g/mol. The summed E-state index contributed by atoms with van der Waals surface area (Å²) in [5.41, 5.74) is -3.07. The van der Waals surface area contributed by atoms with Crippen LogP contribution in [0.15, 0.2) is 30.5 Å². The van der Waals surface area contributed by atoms with Crippen molar-refractivity contribution in [2.75, 3.05) is 7.11 Å². The molecule has 0 amide bonds. The highest BCUT2D eigenvalue weighted by Crippen LogP contribution is 2.51. The molecule has 25 heavy (non-hydrogen) atoms. The van der Waals surface area contributed by atoms with Crippen LogP contribution in [-0.4, -0.2) is 23.4 Å². The van der Waals surface area contributed by atoms with Gasteiger partial charge in [0, 0.05) is 17.8 Å². The van der Waals surface area contributed by atoms with Crippen molar-refractivity contribution < 1.29 is 23.0 Å². The first-order valence-corrected chi connectivity index (χ1v) is 8.03. The maximum atomic E-state index is 13.9. The predicted octanol–water partition coefficient (Wildman–Crippen LogP) is 5.26. The first kappa shape index (κ1) is 19.8. The summed E-state index contributed by atoms with van der Waals surface area (Å²) in [4.78, 5) is 3.88. The molecule has 0 radical (unpaired) electrons. The zero-order valence-corrected chi connectivity index (χ0v) is 15.2. The summed E-state index contributed by atoms with van der Waals surface area (Å²) in [6.07, 6.45) is -3.73. The normalized spacial score (nSPS) is 15.6. The van der Waals surface area contributed by atoms with Gasteiger partial charge >= 0.3 is 6.18 Å². The van der Waals surface area contributed by atoms with Gasteiger partial charge in [-0.25, -0.2) is 0 Å². The summed E-state index contributed by atoms with van der Waals surface area (Å²) in [6, 6.07) is 5.11. The van der Waals surface area contributed by atoms with E-state index < -0.39 is 17.7 Å². The van der Waals surface area contributed by atoms with E-state index in [1.54, 1.807) is 6.92 Å². The smallest absolute Gasteiger partial charge is 0.422 e. The molecular weight excluding hydrogens is 378 g/mol. The quantitative estimate of drug-likeness (QED) is 0.770. The second-order valence-electron chi connectivity index (χ2n) is 5.66. The van der Waals surface area contributed by atoms with E-state index in [0.29, 0.717) is 5.69 Å². The minimum Gasteiger partial charge on any atom is -0.495 e. The van der Waals surface area contributed by atoms with Crippen molar-refractivity contribution in [1.29, 1.82) is 0 Å². The van der Waals surface area contributed by atoms with E-state index in [2.05, 4.69) is 4.98 Å². The van der Waals surface area contributed by atoms with Gasteiger partial charge in [0.1, 0.15) is 10.8 Å². The number of aromatic nitrogens is 1. The van der Waals surface area contributed by atoms with Crippen molar-refractivity contribution in [3.8, 4) is 5.75 Å². The first-order chi connectivity index (χ1) is 11.5. The van der Waals surface area contributed by atoms with E-state index in [1.807, 2.05) is 0 Å². The second kappa shape index (κ2) is 7.02. The summed E-state index contributed by atoms with van der Waals surface area (Å²) in [6.45, 7) is 2.79. The highest BCUT2D eigenvalue weighted by molar-refractivity contribution is 6.43. The third-order valence-corrected chi connectivity index (χ3v) is 5.04. The molecule has 2 unspecified atom stereocenters. The number of hydrogen-bond donors (Lipinski definition) is 1. The molecule has 1 aromatic carbocycles. The third kappa shape index (κ3) is 3.43. The fraction of sp³-hybridized carbons (Fsp3) is 0.353. The van der Waals surface area contributed by atoms with Crippen molar-refractivity contribution in [3.63, 3.8) is 0 Å². The number of pyridine rings is 1. The summed E-state index contributed by atoms with van der Waals surface area (Å²) in [7, 11) is 1.37. The molecule has 0 fully saturated rings. The summed E-state index contributed by atoms with van der Waals surface area (Å²) in [5.74, 6) is -1.19. The SMILES string of the molecule is COc1ccc(C(C)C(O)(c2ccnc(C)c2)C(F)(F)F)c(Cl)c1Cl. The number of methoxy groups -OCH3 is 1. The molecule has 0 saturated carbocycles. The van der Waals surface area contributed by atoms with E-state index in [9.17, 15) is 18.3 Å². The predicted molar refractivity (Wildman–Crippen MR) is 90.4 cm³/mol. The lowest BCUT2D eigenvalue weighted by Crippen LogP contribution is -2.46. The lowest BCUT2D eigenvalue weighted by molar-refractivity contribution is -0.274. The van der Waals surface area contributed by atoms with Gasteiger partial charge < -0.3 is 9.84 Å². The Hall–Kier alpha value is -1.50. The van der Waals surface area contributed by atoms with Crippen molar-refractivity contribution >= 4 is 23.2 Å². The average Bonchev–Trinajstić information content (AvgIpc) is 2.55. The zero-order chi connectivity index (χ0) is 19.0. The largest absolute Gasteiger partial charge is 0.495 e. The Morgan fingerprint density at radius 1 is 1.16 bits per heavy atom. The Balaban J connectivity index is 2.66. The summed E-state index contributed by atoms with van der Waals surface area (Å²) >= 11 is 12.2. The Bertz CT molecular complexity index is 783. The molecule has 1 aromatic heterocycles. The van der Waals surface area contributed by atoms with Crippen LogP contribution < -0.4 is 4.74 Å². The van der Waals surface area contributed by atoms with Crippen LogP contribution in [0.2, 0.25) is 10.0 Å². The van der Waals surface area contributed by atoms with Gasteiger partial charge in [0.25, 0.3) is 0 Å². The lowest BCUT2D eigenvalue weighted by Gasteiger charge is -2.37. The van der Waals surface area contributed by atoms with Crippen LogP contribution in [0.5, 0.6) is 5.75 Å². The number of aryl methyl sites for hydroxylation is 1. The third-order valence-electron chi connectivity index (χ3n) is 4.16. The Kier molecular flexibility index (Phi) is 5.56. The minimum atomic E-state index is -4.95. The zero-order valence-electron chi connectivity index (χ0n) is 13.7. The molecule has 8 heteroatoms. The maximum Gasteiger partial charge on any atom is 0.422 e. The van der Waals surface area contributed by atoms with Crippen LogP contribution in [0, 0.1) is 6.92 Å². The molecule has 0 bridgehead atoms. The summed E-state index contributed by atoms with van der Waals surface area (Å²) in [5, 5.41) is 10.6. The van der Waals surface area contributed by atoms with Gasteiger partial charge in [0.05, 0.1) is 12.1 Å². The molecule has 136 valence electrons. The molecule has 1 N–H and O–H groups in total. The molecule has 3 nitrogen and oxygen atoms in total. The lowest BCUT2D eigenvalue weighted by atomic mass is 9.78. The van der Waals surface area contributed by atoms with E-state index >= 15 is 0 Å². The number of hydrogen-bond acceptors (Lipinski definition) is 3. The van der Waals surface area contributed by atoms with E-state index in [4.69, 9.17) is 27.9 Å². The van der Waals surface area contributed by atoms with Crippen molar-refractivity contribution in [1.82, 2.24) is 4.98 Å². The van der Waals surface area contributed by atoms with Gasteiger partial charge in [-0.1, -0.05) is 36.2 Å². The molecule has 0 saturated heterocycles. The first-order valence-electron chi connectivity index (χ1n) is 7.28. The number of halogens is 5. The van der Waals surface area contributed by atoms with Gasteiger partial charge in [0.2, 0.25) is 0 Å². The van der Waals surface area contributed by atoms with Crippen molar-refractivity contribution in [2.45, 2.75) is 31.5 Å². The van der Waals surface area contributed by atoms with E-state index in [-0.39, 0.29) is 26.9 Å². The van der Waals surface area contributed by atoms with Crippen LogP contribution in [0.4, 0.5) is 13.2 Å². The van der Waals surface area contributed by atoms with Crippen molar-refractivity contribution in [3.05, 3.63) is 57.3 Å². The van der Waals surface area contributed by atoms with Gasteiger partial charge in [-0.2, -0.15) is 13.2 Å². The van der Waals surface area contributed by atoms with E-state index in [0.717, 1.165) is 6.07 Å². The Morgan fingerprint density at radius 3 is 2.32 bits per heavy atom. The highest BCUT2D eigenvalue weighted by Gasteiger charge is 2.59. The second-order valence-corrected chi connectivity index (χ2v) is 6.41. The molecule has 2 rings (SSSR count). The van der Waals surface area contributed by atoms with Gasteiger partial charge in [0.15, 0.2) is 5.60 Å². The maximum absolute atomic E-state index is 13.9. The molecular formula is C17H16Cl2F3NO2. The fourth-order valence-corrected chi connectivity index (χ4v) is 3.27. The Morgan fingerprint density at radius 2 is 1.80 bits per heavy atom. The van der Waals surface area contributed by atoms with Crippen LogP contribution >= 0.6 is 23.2 Å². The van der Waals surface area contributed by atoms with Crippen LogP contribution in [-0.2, 0) is 5.60 Å². The molecule has 2 atom stereocenters. The Labute approximate surface area is 153 Å². The number of ether oxygens (including phenoxy) is 1. The standard InChI is InChI=1S/C17H16Cl2F3NO2/c1-9-8-11(6-7-23-9)16(24,17(20,21)22)10(2)12-4-5-13(25-3)15(19)14(12)18/h4-8,10,24H,1-3H3. The molecule has 0 aliphatic rings.